The highest BCUT2D eigenvalue weighted by Gasteiger charge is 2.74. The van der Waals surface area contributed by atoms with Gasteiger partial charge in [-0.1, -0.05) is 18.2 Å². The first-order valence-corrected chi connectivity index (χ1v) is 11.5. The summed E-state index contributed by atoms with van der Waals surface area (Å²) in [6.45, 7) is 4.38. The van der Waals surface area contributed by atoms with Crippen LogP contribution >= 0.6 is 0 Å². The summed E-state index contributed by atoms with van der Waals surface area (Å²) in [5, 5.41) is 14.8. The predicted molar refractivity (Wildman–Crippen MR) is 119 cm³/mol. The second-order valence-electron chi connectivity index (χ2n) is 9.24. The summed E-state index contributed by atoms with van der Waals surface area (Å²) in [5.41, 5.74) is 1.67. The molecule has 0 radical (unpaired) electrons. The van der Waals surface area contributed by atoms with Crippen molar-refractivity contribution in [2.75, 3.05) is 25.5 Å². The minimum atomic E-state index is -0.976. The lowest BCUT2D eigenvalue weighted by Gasteiger charge is -2.33. The first-order chi connectivity index (χ1) is 15.4. The van der Waals surface area contributed by atoms with Crippen molar-refractivity contribution in [2.24, 2.45) is 11.8 Å². The minimum Gasteiger partial charge on any atom is -0.396 e. The average molecular weight is 444 g/mol. The number of aryl methyl sites for hydroxylation is 2. The van der Waals surface area contributed by atoms with E-state index in [-0.39, 0.29) is 30.4 Å². The van der Waals surface area contributed by atoms with Crippen molar-refractivity contribution in [3.63, 3.8) is 0 Å². The van der Waals surface area contributed by atoms with Crippen LogP contribution in [0.25, 0.3) is 0 Å². The number of nitrogens with zero attached hydrogens (tertiary/aromatic N) is 1. The molecule has 0 saturated carbocycles. The maximum absolute atomic E-state index is 13.7. The molecule has 1 spiro atoms. The normalized spacial score (nSPS) is 30.5. The summed E-state index contributed by atoms with van der Waals surface area (Å²) < 4.78 is 6.36. The SMILES string of the molecule is CNC(=O)[C@@H]1[C@@H]2CCC3(O2)C(C(=O)Nc2c(C)cccc2C)N(CCCCCO)C(=O)[C@H]13. The van der Waals surface area contributed by atoms with Crippen LogP contribution in [0.1, 0.15) is 43.2 Å². The van der Waals surface area contributed by atoms with Gasteiger partial charge in [0, 0.05) is 25.9 Å². The van der Waals surface area contributed by atoms with E-state index in [9.17, 15) is 14.4 Å². The Morgan fingerprint density at radius 3 is 2.56 bits per heavy atom. The molecule has 32 heavy (non-hydrogen) atoms. The number of amides is 3. The smallest absolute Gasteiger partial charge is 0.250 e. The van der Waals surface area contributed by atoms with Gasteiger partial charge in [0.1, 0.15) is 11.6 Å². The number of ether oxygens (including phenoxy) is 1. The second kappa shape index (κ2) is 8.83. The molecule has 0 aliphatic carbocycles. The van der Waals surface area contributed by atoms with E-state index < -0.39 is 23.5 Å². The zero-order chi connectivity index (χ0) is 23.0. The number of rotatable bonds is 8. The van der Waals surface area contributed by atoms with Gasteiger partial charge in [-0.05, 0) is 57.1 Å². The van der Waals surface area contributed by atoms with Gasteiger partial charge in [-0.3, -0.25) is 14.4 Å². The van der Waals surface area contributed by atoms with Gasteiger partial charge >= 0.3 is 0 Å². The number of hydrogen-bond donors (Lipinski definition) is 3. The highest BCUT2D eigenvalue weighted by molar-refractivity contribution is 6.04. The lowest BCUT2D eigenvalue weighted by molar-refractivity contribution is -0.140. The molecule has 3 amide bonds. The molecule has 3 N–H and O–H groups in total. The van der Waals surface area contributed by atoms with Crippen molar-refractivity contribution in [3.05, 3.63) is 29.3 Å². The van der Waals surface area contributed by atoms with E-state index in [1.807, 2.05) is 32.0 Å². The first-order valence-electron chi connectivity index (χ1n) is 11.5. The number of benzene rings is 1. The Morgan fingerprint density at radius 2 is 1.91 bits per heavy atom. The molecule has 3 aliphatic rings. The Labute approximate surface area is 188 Å². The molecule has 3 heterocycles. The van der Waals surface area contributed by atoms with Crippen LogP contribution in [0.5, 0.6) is 0 Å². The van der Waals surface area contributed by atoms with Gasteiger partial charge in [0.25, 0.3) is 0 Å². The zero-order valence-corrected chi connectivity index (χ0v) is 19.0. The molecule has 1 aromatic rings. The Balaban J connectivity index is 1.67. The quantitative estimate of drug-likeness (QED) is 0.528. The zero-order valence-electron chi connectivity index (χ0n) is 19.0. The van der Waals surface area contributed by atoms with Crippen LogP contribution in [0.15, 0.2) is 18.2 Å². The Kier molecular flexibility index (Phi) is 6.27. The topological polar surface area (TPSA) is 108 Å². The molecule has 174 valence electrons. The summed E-state index contributed by atoms with van der Waals surface area (Å²) in [6.07, 6.45) is 2.99. The molecule has 8 heteroatoms. The number of para-hydroxylation sites is 1. The van der Waals surface area contributed by atoms with Crippen LogP contribution in [0, 0.1) is 25.7 Å². The summed E-state index contributed by atoms with van der Waals surface area (Å²) in [5.74, 6) is -1.86. The van der Waals surface area contributed by atoms with Crippen molar-refractivity contribution < 1.29 is 24.2 Å². The van der Waals surface area contributed by atoms with Gasteiger partial charge in [-0.15, -0.1) is 0 Å². The van der Waals surface area contributed by atoms with Crippen LogP contribution < -0.4 is 10.6 Å². The standard InChI is InChI=1S/C24H33N3O5/c1-14-8-7-9-15(2)19(14)26-22(30)20-24-11-10-16(32-24)17(21(29)25-3)18(24)23(31)27(20)12-5-4-6-13-28/h7-9,16-18,20,28H,4-6,10-13H2,1-3H3,(H,25,29)(H,26,30)/t16-,17+,18-,20?,24?/m0/s1. The predicted octanol–water partition coefficient (Wildman–Crippen LogP) is 1.53. The van der Waals surface area contributed by atoms with E-state index in [4.69, 9.17) is 9.84 Å². The highest BCUT2D eigenvalue weighted by Crippen LogP contribution is 2.58. The highest BCUT2D eigenvalue weighted by atomic mass is 16.5. The minimum absolute atomic E-state index is 0.0977. The molecule has 3 fully saturated rings. The molecule has 1 aromatic carbocycles. The number of fused-ring (bicyclic) bond motifs is 1. The van der Waals surface area contributed by atoms with Crippen LogP contribution in [-0.4, -0.2) is 65.7 Å². The number of aliphatic hydroxyl groups is 1. The van der Waals surface area contributed by atoms with E-state index in [0.29, 0.717) is 32.2 Å². The number of nitrogens with one attached hydrogen (secondary N) is 2. The van der Waals surface area contributed by atoms with Crippen LogP contribution in [0.2, 0.25) is 0 Å². The summed E-state index contributed by atoms with van der Waals surface area (Å²) in [7, 11) is 1.57. The van der Waals surface area contributed by atoms with Crippen molar-refractivity contribution in [1.29, 1.82) is 0 Å². The maximum atomic E-state index is 13.7. The Bertz CT molecular complexity index is 899. The van der Waals surface area contributed by atoms with Crippen molar-refractivity contribution >= 4 is 23.4 Å². The number of carbonyl (C=O) groups is 3. The number of likely N-dealkylation sites (tertiary alicyclic amines) is 1. The third-order valence-electron chi connectivity index (χ3n) is 7.38. The van der Waals surface area contributed by atoms with Crippen molar-refractivity contribution in [2.45, 2.75) is 63.7 Å². The largest absolute Gasteiger partial charge is 0.396 e. The first kappa shape index (κ1) is 22.7. The van der Waals surface area contributed by atoms with E-state index in [0.717, 1.165) is 23.2 Å². The van der Waals surface area contributed by atoms with Gasteiger partial charge in [-0.2, -0.15) is 0 Å². The van der Waals surface area contributed by atoms with Gasteiger partial charge in [0.05, 0.1) is 17.9 Å². The van der Waals surface area contributed by atoms with Gasteiger partial charge in [0.2, 0.25) is 17.7 Å². The lowest BCUT2D eigenvalue weighted by Crippen LogP contribution is -2.53. The Morgan fingerprint density at radius 1 is 1.19 bits per heavy atom. The molecule has 4 rings (SSSR count). The fourth-order valence-corrected chi connectivity index (χ4v) is 5.93. The molecular formula is C24H33N3O5. The lowest BCUT2D eigenvalue weighted by atomic mass is 9.70. The molecule has 2 unspecified atom stereocenters. The monoisotopic (exact) mass is 443 g/mol. The fraction of sp³-hybridized carbons (Fsp3) is 0.625. The molecule has 8 nitrogen and oxygen atoms in total. The summed E-state index contributed by atoms with van der Waals surface area (Å²) in [6, 6.07) is 5.04. The fourth-order valence-electron chi connectivity index (χ4n) is 5.93. The van der Waals surface area contributed by atoms with Gasteiger partial charge < -0.3 is 25.4 Å². The second-order valence-corrected chi connectivity index (χ2v) is 9.24. The Hall–Kier alpha value is -2.45. The van der Waals surface area contributed by atoms with E-state index >= 15 is 0 Å². The molecule has 0 aromatic heterocycles. The van der Waals surface area contributed by atoms with Crippen molar-refractivity contribution in [1.82, 2.24) is 10.2 Å². The number of aliphatic hydroxyl groups excluding tert-OH is 1. The number of unbranched alkanes of at least 4 members (excludes halogenated alkanes) is 2. The van der Waals surface area contributed by atoms with Gasteiger partial charge in [0.15, 0.2) is 0 Å². The molecule has 5 atom stereocenters. The third kappa shape index (κ3) is 3.49. The summed E-state index contributed by atoms with van der Waals surface area (Å²) in [4.78, 5) is 41.6. The third-order valence-corrected chi connectivity index (χ3v) is 7.38. The number of carbonyl (C=O) groups excluding carboxylic acids is 3. The van der Waals surface area contributed by atoms with Gasteiger partial charge in [-0.25, -0.2) is 0 Å². The van der Waals surface area contributed by atoms with Crippen molar-refractivity contribution in [3.8, 4) is 0 Å². The van der Waals surface area contributed by atoms with Crippen LogP contribution in [0.4, 0.5) is 5.69 Å². The molecule has 3 aliphatic heterocycles. The maximum Gasteiger partial charge on any atom is 0.250 e. The van der Waals surface area contributed by atoms with E-state index in [1.54, 1.807) is 11.9 Å². The number of hydrogen-bond acceptors (Lipinski definition) is 5. The molecular weight excluding hydrogens is 410 g/mol. The van der Waals surface area contributed by atoms with E-state index in [2.05, 4.69) is 10.6 Å². The molecule has 3 saturated heterocycles. The average Bonchev–Trinajstić information content (AvgIpc) is 3.41. The van der Waals surface area contributed by atoms with Crippen LogP contribution in [-0.2, 0) is 19.1 Å². The summed E-state index contributed by atoms with van der Waals surface area (Å²) >= 11 is 0. The molecule has 2 bridgehead atoms. The number of anilines is 1. The van der Waals surface area contributed by atoms with E-state index in [1.165, 1.54) is 0 Å². The van der Waals surface area contributed by atoms with Crippen LogP contribution in [0.3, 0.4) is 0 Å².